The molecule has 2 rings (SSSR count). The van der Waals surface area contributed by atoms with Crippen molar-refractivity contribution in [2.45, 2.75) is 6.04 Å². The van der Waals surface area contributed by atoms with Gasteiger partial charge < -0.3 is 9.47 Å². The lowest BCUT2D eigenvalue weighted by atomic mass is 9.98. The van der Waals surface area contributed by atoms with Crippen molar-refractivity contribution in [1.29, 1.82) is 0 Å². The summed E-state index contributed by atoms with van der Waals surface area (Å²) in [6.45, 7) is 0. The third-order valence-electron chi connectivity index (χ3n) is 3.11. The molecule has 0 aliphatic rings. The first-order valence-corrected chi connectivity index (χ1v) is 6.89. The minimum Gasteiger partial charge on any atom is -0.495 e. The second-order valence-electron chi connectivity index (χ2n) is 4.20. The van der Waals surface area contributed by atoms with Crippen LogP contribution >= 0.6 is 15.9 Å². The molecule has 0 spiro atoms. The van der Waals surface area contributed by atoms with Crippen molar-refractivity contribution in [2.24, 2.45) is 5.84 Å². The molecule has 1 aromatic heterocycles. The van der Waals surface area contributed by atoms with Crippen LogP contribution in [0.15, 0.2) is 35.1 Å². The lowest BCUT2D eigenvalue weighted by Crippen LogP contribution is -2.30. The van der Waals surface area contributed by atoms with Crippen molar-refractivity contribution in [2.75, 3.05) is 14.2 Å². The summed E-state index contributed by atoms with van der Waals surface area (Å²) in [6.07, 6.45) is 2.65. The molecule has 1 unspecified atom stereocenters. The van der Waals surface area contributed by atoms with Crippen molar-refractivity contribution >= 4 is 15.9 Å². The van der Waals surface area contributed by atoms with Crippen LogP contribution in [0, 0.1) is 5.82 Å². The molecule has 1 atom stereocenters. The van der Waals surface area contributed by atoms with Gasteiger partial charge in [-0.05, 0) is 34.1 Å². The first-order valence-electron chi connectivity index (χ1n) is 6.10. The van der Waals surface area contributed by atoms with E-state index < -0.39 is 11.9 Å². The molecule has 3 N–H and O–H groups in total. The van der Waals surface area contributed by atoms with Crippen LogP contribution in [0.4, 0.5) is 4.39 Å². The first kappa shape index (κ1) is 15.7. The molecule has 0 aliphatic carbocycles. The van der Waals surface area contributed by atoms with Crippen molar-refractivity contribution in [3.8, 4) is 11.5 Å². The zero-order chi connectivity index (χ0) is 15.4. The topological polar surface area (TPSA) is 69.4 Å². The maximum absolute atomic E-state index is 14.0. The summed E-state index contributed by atoms with van der Waals surface area (Å²) in [5.74, 6) is 6.30. The van der Waals surface area contributed by atoms with Crippen LogP contribution in [-0.2, 0) is 0 Å². The average molecular weight is 356 g/mol. The number of pyridine rings is 1. The minimum atomic E-state index is -0.579. The van der Waals surface area contributed by atoms with Crippen LogP contribution in [0.25, 0.3) is 0 Å². The van der Waals surface area contributed by atoms with E-state index in [1.807, 2.05) is 0 Å². The van der Waals surface area contributed by atoms with Gasteiger partial charge in [0, 0.05) is 17.3 Å². The molecule has 2 aromatic rings. The zero-order valence-electron chi connectivity index (χ0n) is 11.6. The standard InChI is InChI=1S/C14H15BrFN3O2/c1-20-11-4-3-9(14(21-2)12(11)15)13(19-17)8-5-6-18-7-10(8)16/h3-7,13,19H,17H2,1-2H3. The van der Waals surface area contributed by atoms with Gasteiger partial charge >= 0.3 is 0 Å². The Kier molecular flexibility index (Phi) is 5.11. The summed E-state index contributed by atoms with van der Waals surface area (Å²) in [6, 6.07) is 4.51. The van der Waals surface area contributed by atoms with Gasteiger partial charge in [-0.15, -0.1) is 0 Å². The normalized spacial score (nSPS) is 12.0. The Bertz CT molecular complexity index is 640. The Hall–Kier alpha value is -1.70. The Labute approximate surface area is 130 Å². The van der Waals surface area contributed by atoms with Crippen LogP contribution in [0.1, 0.15) is 17.2 Å². The molecule has 0 saturated carbocycles. The fourth-order valence-corrected chi connectivity index (χ4v) is 2.80. The van der Waals surface area contributed by atoms with Gasteiger partial charge in [0.2, 0.25) is 0 Å². The minimum absolute atomic E-state index is 0.378. The molecule has 0 saturated heterocycles. The number of aromatic nitrogens is 1. The highest BCUT2D eigenvalue weighted by Gasteiger charge is 2.23. The monoisotopic (exact) mass is 355 g/mol. The highest BCUT2D eigenvalue weighted by atomic mass is 79.9. The molecule has 7 heteroatoms. The number of halogens is 2. The molecule has 0 fully saturated rings. The van der Waals surface area contributed by atoms with Crippen molar-refractivity contribution in [1.82, 2.24) is 10.4 Å². The number of hydrogen-bond acceptors (Lipinski definition) is 5. The van der Waals surface area contributed by atoms with Gasteiger partial charge in [0.15, 0.2) is 0 Å². The van der Waals surface area contributed by atoms with Gasteiger partial charge in [0.05, 0.1) is 26.5 Å². The van der Waals surface area contributed by atoms with Crippen molar-refractivity contribution in [3.63, 3.8) is 0 Å². The van der Waals surface area contributed by atoms with E-state index in [1.165, 1.54) is 13.3 Å². The maximum atomic E-state index is 14.0. The summed E-state index contributed by atoms with van der Waals surface area (Å²) in [4.78, 5) is 3.74. The van der Waals surface area contributed by atoms with Gasteiger partial charge in [-0.2, -0.15) is 0 Å². The van der Waals surface area contributed by atoms with E-state index in [-0.39, 0.29) is 0 Å². The summed E-state index contributed by atoms with van der Waals surface area (Å²) >= 11 is 3.42. The maximum Gasteiger partial charge on any atom is 0.146 e. The van der Waals surface area contributed by atoms with Crippen LogP contribution < -0.4 is 20.7 Å². The number of hydrazine groups is 1. The van der Waals surface area contributed by atoms with Crippen LogP contribution in [0.5, 0.6) is 11.5 Å². The highest BCUT2D eigenvalue weighted by molar-refractivity contribution is 9.10. The molecule has 0 bridgehead atoms. The van der Waals surface area contributed by atoms with Crippen LogP contribution in [-0.4, -0.2) is 19.2 Å². The van der Waals surface area contributed by atoms with Gasteiger partial charge in [-0.1, -0.05) is 0 Å². The van der Waals surface area contributed by atoms with E-state index in [1.54, 1.807) is 25.3 Å². The second-order valence-corrected chi connectivity index (χ2v) is 4.99. The number of rotatable bonds is 5. The second kappa shape index (κ2) is 6.84. The van der Waals surface area contributed by atoms with E-state index in [0.717, 1.165) is 6.20 Å². The number of benzene rings is 1. The number of methoxy groups -OCH3 is 2. The van der Waals surface area contributed by atoms with E-state index in [0.29, 0.717) is 27.1 Å². The molecular weight excluding hydrogens is 341 g/mol. The molecule has 21 heavy (non-hydrogen) atoms. The molecular formula is C14H15BrFN3O2. The fraction of sp³-hybridized carbons (Fsp3) is 0.214. The summed E-state index contributed by atoms with van der Waals surface area (Å²) in [7, 11) is 3.08. The Morgan fingerprint density at radius 2 is 2.00 bits per heavy atom. The molecule has 1 heterocycles. The summed E-state index contributed by atoms with van der Waals surface area (Å²) < 4.78 is 25.2. The van der Waals surface area contributed by atoms with Gasteiger partial charge in [-0.25, -0.2) is 9.82 Å². The van der Waals surface area contributed by atoms with E-state index in [9.17, 15) is 4.39 Å². The number of ether oxygens (including phenoxy) is 2. The SMILES string of the molecule is COc1ccc(C(NN)c2ccncc2F)c(OC)c1Br. The zero-order valence-corrected chi connectivity index (χ0v) is 13.1. The quantitative estimate of drug-likeness (QED) is 0.637. The van der Waals surface area contributed by atoms with E-state index in [2.05, 4.69) is 26.3 Å². The molecule has 0 radical (unpaired) electrons. The van der Waals surface area contributed by atoms with Crippen LogP contribution in [0.3, 0.4) is 0 Å². The molecule has 0 aliphatic heterocycles. The highest BCUT2D eigenvalue weighted by Crippen LogP contribution is 2.41. The molecule has 0 amide bonds. The molecule has 5 nitrogen and oxygen atoms in total. The molecule has 1 aromatic carbocycles. The fourth-order valence-electron chi connectivity index (χ4n) is 2.11. The number of hydrogen-bond donors (Lipinski definition) is 2. The van der Waals surface area contributed by atoms with E-state index >= 15 is 0 Å². The first-order chi connectivity index (χ1) is 10.1. The predicted molar refractivity (Wildman–Crippen MR) is 80.6 cm³/mol. The smallest absolute Gasteiger partial charge is 0.146 e. The third kappa shape index (κ3) is 2.99. The van der Waals surface area contributed by atoms with Gasteiger partial charge in [0.25, 0.3) is 0 Å². The summed E-state index contributed by atoms with van der Waals surface area (Å²) in [5.41, 5.74) is 3.66. The Morgan fingerprint density at radius 3 is 2.57 bits per heavy atom. The van der Waals surface area contributed by atoms with Gasteiger partial charge in [-0.3, -0.25) is 10.8 Å². The number of nitrogens with one attached hydrogen (secondary N) is 1. The Morgan fingerprint density at radius 1 is 1.24 bits per heavy atom. The average Bonchev–Trinajstić information content (AvgIpc) is 2.50. The van der Waals surface area contributed by atoms with Crippen molar-refractivity contribution in [3.05, 3.63) is 52.0 Å². The van der Waals surface area contributed by atoms with Crippen molar-refractivity contribution < 1.29 is 13.9 Å². The number of nitrogens with zero attached hydrogens (tertiary/aromatic N) is 1. The van der Waals surface area contributed by atoms with Crippen LogP contribution in [0.2, 0.25) is 0 Å². The number of nitrogens with two attached hydrogens (primary N) is 1. The lowest BCUT2D eigenvalue weighted by Gasteiger charge is -2.21. The lowest BCUT2D eigenvalue weighted by molar-refractivity contribution is 0.382. The predicted octanol–water partition coefficient (Wildman–Crippen LogP) is 2.55. The summed E-state index contributed by atoms with van der Waals surface area (Å²) in [5, 5.41) is 0. The van der Waals surface area contributed by atoms with Gasteiger partial charge in [0.1, 0.15) is 21.8 Å². The Balaban J connectivity index is 2.58. The largest absolute Gasteiger partial charge is 0.495 e. The third-order valence-corrected chi connectivity index (χ3v) is 3.86. The van der Waals surface area contributed by atoms with E-state index in [4.69, 9.17) is 15.3 Å². The molecule has 112 valence electrons.